The first-order valence-corrected chi connectivity index (χ1v) is 15.6. The van der Waals surface area contributed by atoms with Gasteiger partial charge in [0.25, 0.3) is 0 Å². The number of hydrogen-bond acceptors (Lipinski definition) is 7. The van der Waals surface area contributed by atoms with Crippen molar-refractivity contribution < 1.29 is 34.0 Å². The first kappa shape index (κ1) is 36.3. The summed E-state index contributed by atoms with van der Waals surface area (Å²) in [7, 11) is 0. The van der Waals surface area contributed by atoms with Crippen LogP contribution in [0.2, 0.25) is 0 Å². The second-order valence-electron chi connectivity index (χ2n) is 13.6. The van der Waals surface area contributed by atoms with E-state index in [1.54, 1.807) is 0 Å². The van der Waals surface area contributed by atoms with E-state index in [0.717, 1.165) is 46.2 Å². The highest BCUT2D eigenvalue weighted by Crippen LogP contribution is 2.35. The number of phenolic OH excluding ortho intramolecular Hbond substituents is 2. The normalized spacial score (nSPS) is 12.0. The van der Waals surface area contributed by atoms with Gasteiger partial charge in [0.1, 0.15) is 23.9 Å². The number of hydrogen-bond donors (Lipinski definition) is 2. The van der Waals surface area contributed by atoms with Gasteiger partial charge in [0, 0.05) is 25.9 Å². The van der Waals surface area contributed by atoms with Crippen LogP contribution in [0.3, 0.4) is 0 Å². The fraction of sp³-hybridized carbons (Fsp3) is 0.611. The van der Waals surface area contributed by atoms with Crippen LogP contribution < -0.4 is 0 Å². The smallest absolute Gasteiger partial charge is 0.306 e. The third-order valence-corrected chi connectivity index (χ3v) is 7.50. The van der Waals surface area contributed by atoms with Gasteiger partial charge in [0.15, 0.2) is 0 Å². The summed E-state index contributed by atoms with van der Waals surface area (Å²) in [6.45, 7) is 18.1. The monoisotopic (exact) mass is 598 g/mol. The SMILES string of the molecule is Cc1cc(CCC(=O)CCCCOCCOCCOC(=O)CCc2cc(C)c(O)c(C(C)(C)C)c2)cc(C(C)(C)C)c1O. The van der Waals surface area contributed by atoms with E-state index in [1.165, 1.54) is 0 Å². The minimum absolute atomic E-state index is 0.153. The molecule has 0 heterocycles. The number of esters is 1. The van der Waals surface area contributed by atoms with Crippen molar-refractivity contribution in [3.8, 4) is 11.5 Å². The van der Waals surface area contributed by atoms with E-state index in [9.17, 15) is 19.8 Å². The maximum absolute atomic E-state index is 12.4. The quantitative estimate of drug-likeness (QED) is 0.147. The number of benzene rings is 2. The van der Waals surface area contributed by atoms with Gasteiger partial charge in [0.05, 0.1) is 19.8 Å². The molecule has 0 radical (unpaired) electrons. The van der Waals surface area contributed by atoms with Crippen LogP contribution in [0.4, 0.5) is 0 Å². The lowest BCUT2D eigenvalue weighted by Crippen LogP contribution is -2.14. The Bertz CT molecular complexity index is 1110. The number of carbonyl (C=O) groups is 2. The largest absolute Gasteiger partial charge is 0.507 e. The highest BCUT2D eigenvalue weighted by molar-refractivity contribution is 5.78. The highest BCUT2D eigenvalue weighted by atomic mass is 16.6. The van der Waals surface area contributed by atoms with Crippen LogP contribution in [0, 0.1) is 13.8 Å². The molecule has 0 saturated carbocycles. The van der Waals surface area contributed by atoms with Crippen molar-refractivity contribution in [1.29, 1.82) is 0 Å². The summed E-state index contributed by atoms with van der Waals surface area (Å²) in [5.74, 6) is 0.636. The molecule has 2 aromatic rings. The number of carbonyl (C=O) groups excluding carboxylic acids is 2. The molecular formula is C36H54O7. The molecule has 0 amide bonds. The van der Waals surface area contributed by atoms with Crippen molar-refractivity contribution in [2.45, 2.75) is 111 Å². The number of aromatic hydroxyl groups is 2. The molecule has 0 fully saturated rings. The zero-order valence-corrected chi connectivity index (χ0v) is 27.7. The summed E-state index contributed by atoms with van der Waals surface area (Å²) in [6, 6.07) is 7.89. The lowest BCUT2D eigenvalue weighted by molar-refractivity contribution is -0.145. The molecule has 0 spiro atoms. The molecule has 0 aliphatic rings. The second-order valence-corrected chi connectivity index (χ2v) is 13.6. The number of rotatable bonds is 17. The molecule has 0 aliphatic carbocycles. The Labute approximate surface area is 258 Å². The fourth-order valence-electron chi connectivity index (χ4n) is 4.93. The van der Waals surface area contributed by atoms with Crippen LogP contribution in [0.15, 0.2) is 24.3 Å². The topological polar surface area (TPSA) is 102 Å². The standard InChI is InChI=1S/C36H54O7/c1-25-21-27(23-30(33(25)39)35(3,4)5)12-14-29(37)11-9-10-16-41-17-18-42-19-20-43-32(38)15-13-28-22-26(2)34(40)31(24-28)36(6,7)8/h21-24,39-40H,9-20H2,1-8H3. The number of unbranched alkanes of at least 4 members (excludes halogenated alkanes) is 1. The second kappa shape index (κ2) is 16.8. The Kier molecular flexibility index (Phi) is 14.2. The van der Waals surface area contributed by atoms with E-state index in [1.807, 2.05) is 38.1 Å². The maximum Gasteiger partial charge on any atom is 0.306 e. The van der Waals surface area contributed by atoms with Gasteiger partial charge in [0.2, 0.25) is 0 Å². The van der Waals surface area contributed by atoms with E-state index >= 15 is 0 Å². The Morgan fingerprint density at radius 2 is 1.09 bits per heavy atom. The first-order chi connectivity index (χ1) is 20.1. The Morgan fingerprint density at radius 1 is 0.628 bits per heavy atom. The maximum atomic E-state index is 12.4. The van der Waals surface area contributed by atoms with Crippen molar-refractivity contribution in [2.75, 3.05) is 33.0 Å². The van der Waals surface area contributed by atoms with E-state index in [2.05, 4.69) is 41.5 Å². The third-order valence-electron chi connectivity index (χ3n) is 7.50. The van der Waals surface area contributed by atoms with E-state index < -0.39 is 0 Å². The summed E-state index contributed by atoms with van der Waals surface area (Å²) in [6.07, 6.45) is 4.16. The van der Waals surface area contributed by atoms with Gasteiger partial charge < -0.3 is 24.4 Å². The summed E-state index contributed by atoms with van der Waals surface area (Å²) < 4.78 is 16.4. The van der Waals surface area contributed by atoms with Crippen LogP contribution in [0.25, 0.3) is 0 Å². The molecule has 0 saturated heterocycles. The number of aryl methyl sites for hydroxylation is 4. The number of ketones is 1. The van der Waals surface area contributed by atoms with Crippen LogP contribution >= 0.6 is 0 Å². The molecule has 0 bridgehead atoms. The van der Waals surface area contributed by atoms with Crippen LogP contribution in [0.1, 0.15) is 107 Å². The molecule has 7 nitrogen and oxygen atoms in total. The molecule has 0 aliphatic heterocycles. The number of Topliss-reactive ketones (excluding diaryl/α,β-unsaturated/α-hetero) is 1. The summed E-state index contributed by atoms with van der Waals surface area (Å²) in [5.41, 5.74) is 5.22. The third kappa shape index (κ3) is 12.7. The van der Waals surface area contributed by atoms with Gasteiger partial charge in [-0.15, -0.1) is 0 Å². The van der Waals surface area contributed by atoms with Gasteiger partial charge in [-0.25, -0.2) is 0 Å². The zero-order valence-electron chi connectivity index (χ0n) is 27.7. The van der Waals surface area contributed by atoms with Crippen LogP contribution in [0.5, 0.6) is 11.5 Å². The van der Waals surface area contributed by atoms with Crippen LogP contribution in [-0.4, -0.2) is 55.0 Å². The van der Waals surface area contributed by atoms with Crippen LogP contribution in [-0.2, 0) is 47.5 Å². The van der Waals surface area contributed by atoms with Crippen molar-refractivity contribution in [3.05, 3.63) is 57.6 Å². The Morgan fingerprint density at radius 3 is 1.60 bits per heavy atom. The Hall–Kier alpha value is -2.90. The fourth-order valence-corrected chi connectivity index (χ4v) is 4.93. The lowest BCUT2D eigenvalue weighted by atomic mass is 9.83. The van der Waals surface area contributed by atoms with Gasteiger partial charge in [-0.05, 0) is 83.7 Å². The summed E-state index contributed by atoms with van der Waals surface area (Å²) >= 11 is 0. The molecule has 7 heteroatoms. The van der Waals surface area contributed by atoms with E-state index in [4.69, 9.17) is 14.2 Å². The van der Waals surface area contributed by atoms with Crippen molar-refractivity contribution in [2.24, 2.45) is 0 Å². The van der Waals surface area contributed by atoms with E-state index in [0.29, 0.717) is 63.6 Å². The molecule has 240 valence electrons. The Balaban J connectivity index is 1.50. The van der Waals surface area contributed by atoms with Crippen molar-refractivity contribution in [3.63, 3.8) is 0 Å². The van der Waals surface area contributed by atoms with Gasteiger partial charge >= 0.3 is 5.97 Å². The predicted octanol–water partition coefficient (Wildman–Crippen LogP) is 7.19. The zero-order chi connectivity index (χ0) is 32.2. The molecule has 2 N–H and O–H groups in total. The molecule has 0 aromatic heterocycles. The summed E-state index contributed by atoms with van der Waals surface area (Å²) in [5, 5.41) is 20.8. The summed E-state index contributed by atoms with van der Waals surface area (Å²) in [4.78, 5) is 24.5. The average Bonchev–Trinajstić information content (AvgIpc) is 2.91. The number of ether oxygens (including phenoxy) is 3. The van der Waals surface area contributed by atoms with E-state index in [-0.39, 0.29) is 35.6 Å². The molecule has 2 aromatic carbocycles. The highest BCUT2D eigenvalue weighted by Gasteiger charge is 2.21. The predicted molar refractivity (Wildman–Crippen MR) is 171 cm³/mol. The molecule has 0 atom stereocenters. The molecule has 0 unspecified atom stereocenters. The minimum atomic E-state index is -0.273. The lowest BCUT2D eigenvalue weighted by Gasteiger charge is -2.22. The minimum Gasteiger partial charge on any atom is -0.507 e. The molecule has 43 heavy (non-hydrogen) atoms. The molecular weight excluding hydrogens is 544 g/mol. The first-order valence-electron chi connectivity index (χ1n) is 15.6. The van der Waals surface area contributed by atoms with Gasteiger partial charge in [-0.2, -0.15) is 0 Å². The number of phenols is 2. The average molecular weight is 599 g/mol. The van der Waals surface area contributed by atoms with Crippen molar-refractivity contribution in [1.82, 2.24) is 0 Å². The van der Waals surface area contributed by atoms with Crippen molar-refractivity contribution >= 4 is 11.8 Å². The van der Waals surface area contributed by atoms with Gasteiger partial charge in [-0.3, -0.25) is 9.59 Å². The molecule has 2 rings (SSSR count). The van der Waals surface area contributed by atoms with Gasteiger partial charge in [-0.1, -0.05) is 65.8 Å².